The van der Waals surface area contributed by atoms with Crippen LogP contribution in [-0.4, -0.2) is 24.4 Å². The molecule has 1 saturated heterocycles. The Morgan fingerprint density at radius 1 is 1.40 bits per heavy atom. The van der Waals surface area contributed by atoms with E-state index in [2.05, 4.69) is 21.2 Å². The van der Waals surface area contributed by atoms with Crippen LogP contribution < -0.4 is 10.2 Å². The summed E-state index contributed by atoms with van der Waals surface area (Å²) >= 11 is 3.44. The molecule has 1 aromatic rings. The second-order valence-electron chi connectivity index (χ2n) is 5.61. The number of nitrogens with zero attached hydrogens (tertiary/aromatic N) is 1. The average molecular weight is 339 g/mol. The lowest BCUT2D eigenvalue weighted by atomic mass is 10.0. The third kappa shape index (κ3) is 3.20. The normalized spacial score (nSPS) is 19.4. The summed E-state index contributed by atoms with van der Waals surface area (Å²) in [6.07, 6.45) is 0.663. The molecule has 1 heterocycles. The molecule has 20 heavy (non-hydrogen) atoms. The van der Waals surface area contributed by atoms with Crippen molar-refractivity contribution in [2.24, 2.45) is 5.92 Å². The van der Waals surface area contributed by atoms with Crippen molar-refractivity contribution >= 4 is 33.4 Å². The second-order valence-corrected chi connectivity index (χ2v) is 6.46. The molecule has 5 heteroatoms. The number of amides is 2. The highest BCUT2D eigenvalue weighted by Crippen LogP contribution is 2.25. The van der Waals surface area contributed by atoms with Gasteiger partial charge < -0.3 is 10.2 Å². The van der Waals surface area contributed by atoms with E-state index >= 15 is 0 Å². The lowest BCUT2D eigenvalue weighted by Crippen LogP contribution is -2.58. The van der Waals surface area contributed by atoms with E-state index in [1.165, 1.54) is 0 Å². The molecule has 108 valence electrons. The van der Waals surface area contributed by atoms with Gasteiger partial charge in [0.05, 0.1) is 0 Å². The van der Waals surface area contributed by atoms with Crippen molar-refractivity contribution in [3.63, 3.8) is 0 Å². The number of carbonyl (C=O) groups excluding carboxylic acids is 2. The van der Waals surface area contributed by atoms with E-state index in [0.29, 0.717) is 12.3 Å². The van der Waals surface area contributed by atoms with Gasteiger partial charge in [0.1, 0.15) is 12.6 Å². The van der Waals surface area contributed by atoms with Crippen LogP contribution in [0.4, 0.5) is 5.69 Å². The predicted molar refractivity (Wildman–Crippen MR) is 82.6 cm³/mol. The van der Waals surface area contributed by atoms with Crippen molar-refractivity contribution in [3.8, 4) is 0 Å². The Hall–Kier alpha value is -1.36. The lowest BCUT2D eigenvalue weighted by molar-refractivity contribution is -0.131. The molecular formula is C15H19BrN2O2. The number of halogens is 1. The highest BCUT2D eigenvalue weighted by atomic mass is 79.9. The van der Waals surface area contributed by atoms with Gasteiger partial charge in [0.15, 0.2) is 0 Å². The number of piperazine rings is 1. The Morgan fingerprint density at radius 2 is 2.10 bits per heavy atom. The van der Waals surface area contributed by atoms with Crippen molar-refractivity contribution in [2.45, 2.75) is 33.2 Å². The molecule has 1 fully saturated rings. The van der Waals surface area contributed by atoms with Gasteiger partial charge in [-0.3, -0.25) is 9.59 Å². The molecule has 4 nitrogen and oxygen atoms in total. The van der Waals surface area contributed by atoms with Gasteiger partial charge in [-0.1, -0.05) is 29.8 Å². The molecule has 0 radical (unpaired) electrons. The molecule has 1 aliphatic heterocycles. The zero-order valence-corrected chi connectivity index (χ0v) is 13.5. The number of anilines is 1. The van der Waals surface area contributed by atoms with Crippen molar-refractivity contribution in [3.05, 3.63) is 28.2 Å². The Morgan fingerprint density at radius 3 is 2.70 bits per heavy atom. The van der Waals surface area contributed by atoms with Crippen molar-refractivity contribution in [1.82, 2.24) is 5.32 Å². The molecule has 0 spiro atoms. The van der Waals surface area contributed by atoms with Gasteiger partial charge in [-0.05, 0) is 43.0 Å². The monoisotopic (exact) mass is 338 g/mol. The Kier molecular flexibility index (Phi) is 4.48. The molecule has 0 saturated carbocycles. The van der Waals surface area contributed by atoms with E-state index in [1.807, 2.05) is 39.0 Å². The van der Waals surface area contributed by atoms with Crippen LogP contribution in [0.1, 0.15) is 25.8 Å². The van der Waals surface area contributed by atoms with Crippen LogP contribution in [0.2, 0.25) is 0 Å². The van der Waals surface area contributed by atoms with Crippen molar-refractivity contribution < 1.29 is 9.59 Å². The molecule has 1 aromatic carbocycles. The quantitative estimate of drug-likeness (QED) is 0.920. The second kappa shape index (κ2) is 5.95. The fourth-order valence-corrected chi connectivity index (χ4v) is 2.60. The maximum atomic E-state index is 12.5. The van der Waals surface area contributed by atoms with E-state index < -0.39 is 6.04 Å². The minimum atomic E-state index is -0.416. The van der Waals surface area contributed by atoms with Crippen molar-refractivity contribution in [2.75, 3.05) is 11.4 Å². The van der Waals surface area contributed by atoms with Gasteiger partial charge in [0.2, 0.25) is 11.8 Å². The Balaban J connectivity index is 2.27. The van der Waals surface area contributed by atoms with Gasteiger partial charge in [0, 0.05) is 10.2 Å². The van der Waals surface area contributed by atoms with E-state index in [1.54, 1.807) is 4.90 Å². The minimum absolute atomic E-state index is 0.0278. The third-order valence-corrected chi connectivity index (χ3v) is 4.25. The molecular weight excluding hydrogens is 320 g/mol. The molecule has 0 bridgehead atoms. The van der Waals surface area contributed by atoms with Crippen LogP contribution in [0.15, 0.2) is 22.7 Å². The summed E-state index contributed by atoms with van der Waals surface area (Å²) in [4.78, 5) is 25.9. The highest BCUT2D eigenvalue weighted by molar-refractivity contribution is 9.10. The predicted octanol–water partition coefficient (Wildman–Crippen LogP) is 2.64. The fourth-order valence-electron chi connectivity index (χ4n) is 2.36. The number of carbonyl (C=O) groups is 2. The molecule has 2 rings (SSSR count). The number of benzene rings is 1. The summed E-state index contributed by atoms with van der Waals surface area (Å²) in [7, 11) is 0. The fraction of sp³-hybridized carbons (Fsp3) is 0.467. The molecule has 1 atom stereocenters. The van der Waals surface area contributed by atoms with Crippen LogP contribution in [0.25, 0.3) is 0 Å². The molecule has 1 aliphatic rings. The Bertz CT molecular complexity index is 543. The number of hydrogen-bond acceptors (Lipinski definition) is 2. The molecule has 1 unspecified atom stereocenters. The summed E-state index contributed by atoms with van der Waals surface area (Å²) in [5, 5.41) is 2.78. The molecule has 1 N–H and O–H groups in total. The average Bonchev–Trinajstić information content (AvgIpc) is 2.36. The van der Waals surface area contributed by atoms with E-state index in [-0.39, 0.29) is 18.4 Å². The zero-order valence-electron chi connectivity index (χ0n) is 11.9. The largest absolute Gasteiger partial charge is 0.343 e. The van der Waals surface area contributed by atoms with Crippen LogP contribution in [0.5, 0.6) is 0 Å². The van der Waals surface area contributed by atoms with Crippen LogP contribution in [-0.2, 0) is 9.59 Å². The number of hydrogen-bond donors (Lipinski definition) is 1. The topological polar surface area (TPSA) is 49.4 Å². The number of nitrogens with one attached hydrogen (secondary N) is 1. The van der Waals surface area contributed by atoms with E-state index in [4.69, 9.17) is 0 Å². The van der Waals surface area contributed by atoms with Gasteiger partial charge in [-0.15, -0.1) is 0 Å². The maximum Gasteiger partial charge on any atom is 0.250 e. The lowest BCUT2D eigenvalue weighted by Gasteiger charge is -2.33. The minimum Gasteiger partial charge on any atom is -0.343 e. The summed E-state index contributed by atoms with van der Waals surface area (Å²) in [5.41, 5.74) is 1.82. The SMILES string of the molecule is Cc1cc(N2CC(=O)NC(CC(C)C)C2=O)ccc1Br. The third-order valence-electron chi connectivity index (χ3n) is 3.36. The maximum absolute atomic E-state index is 12.5. The summed E-state index contributed by atoms with van der Waals surface area (Å²) in [6, 6.07) is 5.27. The molecule has 2 amide bonds. The van der Waals surface area contributed by atoms with Crippen LogP contribution in [0, 0.1) is 12.8 Å². The smallest absolute Gasteiger partial charge is 0.250 e. The van der Waals surface area contributed by atoms with E-state index in [0.717, 1.165) is 15.7 Å². The van der Waals surface area contributed by atoms with Gasteiger partial charge >= 0.3 is 0 Å². The van der Waals surface area contributed by atoms with Gasteiger partial charge in [0.25, 0.3) is 0 Å². The first kappa shape index (κ1) is 15.0. The first-order valence-electron chi connectivity index (χ1n) is 6.75. The molecule has 0 aliphatic carbocycles. The first-order chi connectivity index (χ1) is 9.38. The first-order valence-corrected chi connectivity index (χ1v) is 7.54. The molecule has 0 aromatic heterocycles. The summed E-state index contributed by atoms with van der Waals surface area (Å²) < 4.78 is 0.994. The Labute approximate surface area is 127 Å². The van der Waals surface area contributed by atoms with Crippen LogP contribution >= 0.6 is 15.9 Å². The number of rotatable bonds is 3. The summed E-state index contributed by atoms with van der Waals surface area (Å²) in [6.45, 7) is 6.15. The van der Waals surface area contributed by atoms with Crippen LogP contribution in [0.3, 0.4) is 0 Å². The van der Waals surface area contributed by atoms with Gasteiger partial charge in [-0.25, -0.2) is 0 Å². The summed E-state index contributed by atoms with van der Waals surface area (Å²) in [5.74, 6) is 0.228. The highest BCUT2D eigenvalue weighted by Gasteiger charge is 2.33. The number of aryl methyl sites for hydroxylation is 1. The van der Waals surface area contributed by atoms with Gasteiger partial charge in [-0.2, -0.15) is 0 Å². The zero-order chi connectivity index (χ0) is 14.9. The van der Waals surface area contributed by atoms with Crippen molar-refractivity contribution in [1.29, 1.82) is 0 Å². The standard InChI is InChI=1S/C15H19BrN2O2/c1-9(2)6-13-15(20)18(8-14(19)17-13)11-4-5-12(16)10(3)7-11/h4-5,7,9,13H,6,8H2,1-3H3,(H,17,19). The van der Waals surface area contributed by atoms with E-state index in [9.17, 15) is 9.59 Å².